The quantitative estimate of drug-likeness (QED) is 0.0618. The standard InChI is InChI=1S/C37H65NO3/c1-3-5-7-9-11-13-14-15-16-17-18-19-20-21-22-23-24-25-27-29-31-33-37(41)38-35(34-39)36(40)32-30-28-26-12-10-8-6-4-2/h10,12,14-15,17-18,20-21,30,32,35-36,39-40H,3-9,11,13,16,19,22-29,31,33-34H2,1-2H3,(H,38,41)/b12-10+,15-14-,18-17-,21-20-,32-30+. The van der Waals surface area contributed by atoms with E-state index in [-0.39, 0.29) is 12.5 Å². The number of carbonyl (C=O) groups excluding carboxylic acids is 1. The van der Waals surface area contributed by atoms with Crippen LogP contribution in [0.15, 0.2) is 60.8 Å². The number of rotatable bonds is 29. The van der Waals surface area contributed by atoms with E-state index in [9.17, 15) is 15.0 Å². The summed E-state index contributed by atoms with van der Waals surface area (Å²) >= 11 is 0. The largest absolute Gasteiger partial charge is 0.394 e. The molecule has 0 fully saturated rings. The van der Waals surface area contributed by atoms with Gasteiger partial charge in [0.25, 0.3) is 0 Å². The monoisotopic (exact) mass is 571 g/mol. The predicted molar refractivity (Wildman–Crippen MR) is 179 cm³/mol. The summed E-state index contributed by atoms with van der Waals surface area (Å²) in [5.74, 6) is -0.0941. The molecule has 0 radical (unpaired) electrons. The SMILES string of the molecule is CCCC/C=C/CC/C=C/C(O)C(CO)NC(=O)CCCCCCCC/C=C\C/C=C\C/C=C\CCCCCCC. The fraction of sp³-hybridized carbons (Fsp3) is 0.703. The second-order valence-corrected chi connectivity index (χ2v) is 11.2. The van der Waals surface area contributed by atoms with Crippen LogP contribution in [-0.2, 0) is 4.79 Å². The van der Waals surface area contributed by atoms with Crippen molar-refractivity contribution in [3.05, 3.63) is 60.8 Å². The molecule has 1 amide bonds. The first kappa shape index (κ1) is 39.1. The van der Waals surface area contributed by atoms with Crippen molar-refractivity contribution in [1.29, 1.82) is 0 Å². The van der Waals surface area contributed by atoms with Crippen LogP contribution in [0.4, 0.5) is 0 Å². The molecule has 0 aliphatic rings. The summed E-state index contributed by atoms with van der Waals surface area (Å²) < 4.78 is 0. The lowest BCUT2D eigenvalue weighted by molar-refractivity contribution is -0.123. The summed E-state index contributed by atoms with van der Waals surface area (Å²) in [7, 11) is 0. The van der Waals surface area contributed by atoms with Gasteiger partial charge in [0.2, 0.25) is 5.91 Å². The van der Waals surface area contributed by atoms with E-state index < -0.39 is 12.1 Å². The number of unbranched alkanes of at least 4 members (excludes halogenated alkanes) is 14. The van der Waals surface area contributed by atoms with Gasteiger partial charge in [-0.3, -0.25) is 4.79 Å². The molecule has 3 N–H and O–H groups in total. The van der Waals surface area contributed by atoms with Crippen LogP contribution in [0.25, 0.3) is 0 Å². The maximum atomic E-state index is 12.2. The van der Waals surface area contributed by atoms with Gasteiger partial charge < -0.3 is 15.5 Å². The first-order chi connectivity index (χ1) is 20.2. The number of carbonyl (C=O) groups is 1. The van der Waals surface area contributed by atoms with E-state index in [1.165, 1.54) is 70.6 Å². The molecule has 0 saturated heterocycles. The van der Waals surface area contributed by atoms with E-state index in [4.69, 9.17) is 0 Å². The van der Waals surface area contributed by atoms with Crippen LogP contribution < -0.4 is 5.32 Å². The molecule has 0 aliphatic carbocycles. The van der Waals surface area contributed by atoms with Gasteiger partial charge in [-0.1, -0.05) is 139 Å². The van der Waals surface area contributed by atoms with Crippen LogP contribution in [0.1, 0.15) is 149 Å². The molecule has 0 aromatic heterocycles. The summed E-state index contributed by atoms with van der Waals surface area (Å²) in [6.07, 6.45) is 44.5. The summed E-state index contributed by atoms with van der Waals surface area (Å²) in [4.78, 5) is 12.2. The molecule has 0 aliphatic heterocycles. The van der Waals surface area contributed by atoms with Crippen LogP contribution in [0.2, 0.25) is 0 Å². The van der Waals surface area contributed by atoms with Crippen molar-refractivity contribution in [1.82, 2.24) is 5.32 Å². The minimum Gasteiger partial charge on any atom is -0.394 e. The van der Waals surface area contributed by atoms with Crippen LogP contribution in [0, 0.1) is 0 Å². The zero-order chi connectivity index (χ0) is 30.1. The maximum absolute atomic E-state index is 12.2. The molecule has 2 unspecified atom stereocenters. The highest BCUT2D eigenvalue weighted by Crippen LogP contribution is 2.10. The van der Waals surface area contributed by atoms with Crippen molar-refractivity contribution in [2.45, 2.75) is 161 Å². The third-order valence-electron chi connectivity index (χ3n) is 7.22. The zero-order valence-electron chi connectivity index (χ0n) is 26.8. The molecule has 236 valence electrons. The summed E-state index contributed by atoms with van der Waals surface area (Å²) in [6, 6.07) is -0.644. The molecule has 0 heterocycles. The summed E-state index contributed by atoms with van der Waals surface area (Å²) in [6.45, 7) is 4.18. The zero-order valence-corrected chi connectivity index (χ0v) is 26.8. The van der Waals surface area contributed by atoms with E-state index in [0.29, 0.717) is 6.42 Å². The van der Waals surface area contributed by atoms with Gasteiger partial charge in [0.05, 0.1) is 18.8 Å². The van der Waals surface area contributed by atoms with E-state index in [2.05, 4.69) is 67.8 Å². The predicted octanol–water partition coefficient (Wildman–Crippen LogP) is 9.84. The summed E-state index contributed by atoms with van der Waals surface area (Å²) in [5.41, 5.74) is 0. The molecule has 4 heteroatoms. The van der Waals surface area contributed by atoms with Gasteiger partial charge in [-0.2, -0.15) is 0 Å². The molecular formula is C37H65NO3. The Kier molecular flexibility index (Phi) is 31.1. The Morgan fingerprint density at radius 3 is 1.66 bits per heavy atom. The first-order valence-corrected chi connectivity index (χ1v) is 17.0. The minimum atomic E-state index is -0.866. The molecule has 0 saturated carbocycles. The number of aliphatic hydroxyl groups excluding tert-OH is 2. The van der Waals surface area contributed by atoms with Gasteiger partial charge in [0.1, 0.15) is 0 Å². The highest BCUT2D eigenvalue weighted by Gasteiger charge is 2.17. The van der Waals surface area contributed by atoms with Crippen LogP contribution in [0.3, 0.4) is 0 Å². The van der Waals surface area contributed by atoms with Gasteiger partial charge in [-0.25, -0.2) is 0 Å². The lowest BCUT2D eigenvalue weighted by Crippen LogP contribution is -2.45. The Morgan fingerprint density at radius 1 is 0.585 bits per heavy atom. The van der Waals surface area contributed by atoms with Crippen molar-refractivity contribution in [2.75, 3.05) is 6.61 Å². The molecule has 0 rings (SSSR count). The fourth-order valence-corrected chi connectivity index (χ4v) is 4.54. The van der Waals surface area contributed by atoms with Gasteiger partial charge >= 0.3 is 0 Å². The molecule has 0 bridgehead atoms. The maximum Gasteiger partial charge on any atom is 0.220 e. The van der Waals surface area contributed by atoms with E-state index >= 15 is 0 Å². The third-order valence-corrected chi connectivity index (χ3v) is 7.22. The highest BCUT2D eigenvalue weighted by atomic mass is 16.3. The first-order valence-electron chi connectivity index (χ1n) is 17.0. The Labute approximate surface area is 254 Å². The van der Waals surface area contributed by atoms with Crippen LogP contribution >= 0.6 is 0 Å². The number of nitrogens with one attached hydrogen (secondary N) is 1. The Hall–Kier alpha value is -1.91. The highest BCUT2D eigenvalue weighted by molar-refractivity contribution is 5.76. The third kappa shape index (κ3) is 29.4. The lowest BCUT2D eigenvalue weighted by atomic mass is 10.1. The van der Waals surface area contributed by atoms with Crippen LogP contribution in [0.5, 0.6) is 0 Å². The van der Waals surface area contributed by atoms with Gasteiger partial charge in [-0.05, 0) is 64.2 Å². The lowest BCUT2D eigenvalue weighted by Gasteiger charge is -2.19. The average molecular weight is 572 g/mol. The molecule has 0 spiro atoms. The molecule has 0 aromatic rings. The topological polar surface area (TPSA) is 69.6 Å². The number of aliphatic hydroxyl groups is 2. The number of hydrogen-bond donors (Lipinski definition) is 3. The molecule has 2 atom stereocenters. The van der Waals surface area contributed by atoms with Crippen molar-refractivity contribution < 1.29 is 15.0 Å². The van der Waals surface area contributed by atoms with E-state index in [0.717, 1.165) is 57.8 Å². The fourth-order valence-electron chi connectivity index (χ4n) is 4.54. The molecule has 4 nitrogen and oxygen atoms in total. The smallest absolute Gasteiger partial charge is 0.220 e. The second-order valence-electron chi connectivity index (χ2n) is 11.2. The van der Waals surface area contributed by atoms with Crippen molar-refractivity contribution in [3.8, 4) is 0 Å². The normalized spacial score (nSPS) is 14.0. The number of amides is 1. The van der Waals surface area contributed by atoms with Crippen molar-refractivity contribution in [3.63, 3.8) is 0 Å². The Bertz CT molecular complexity index is 707. The summed E-state index contributed by atoms with van der Waals surface area (Å²) in [5, 5.41) is 22.7. The van der Waals surface area contributed by atoms with E-state index in [1.54, 1.807) is 6.08 Å². The molecule has 0 aromatic carbocycles. The molecule has 41 heavy (non-hydrogen) atoms. The second kappa shape index (κ2) is 32.6. The van der Waals surface area contributed by atoms with Gasteiger partial charge in [0, 0.05) is 6.42 Å². The Balaban J connectivity index is 3.68. The molecular weight excluding hydrogens is 506 g/mol. The Morgan fingerprint density at radius 2 is 1.05 bits per heavy atom. The van der Waals surface area contributed by atoms with Crippen molar-refractivity contribution in [2.24, 2.45) is 0 Å². The van der Waals surface area contributed by atoms with Gasteiger partial charge in [-0.15, -0.1) is 0 Å². The minimum absolute atomic E-state index is 0.0941. The number of allylic oxidation sites excluding steroid dienone is 9. The van der Waals surface area contributed by atoms with Crippen molar-refractivity contribution >= 4 is 5.91 Å². The van der Waals surface area contributed by atoms with Crippen LogP contribution in [-0.4, -0.2) is 34.9 Å². The average Bonchev–Trinajstić information content (AvgIpc) is 2.97. The van der Waals surface area contributed by atoms with Gasteiger partial charge in [0.15, 0.2) is 0 Å². The van der Waals surface area contributed by atoms with E-state index in [1.807, 2.05) is 6.08 Å². The number of hydrogen-bond acceptors (Lipinski definition) is 3.